The molecular weight excluding hydrogens is 160 g/mol. The van der Waals surface area contributed by atoms with Crippen molar-refractivity contribution < 1.29 is 9.50 Å². The van der Waals surface area contributed by atoms with E-state index in [1.807, 2.05) is 0 Å². The minimum atomic E-state index is -0.889. The highest BCUT2D eigenvalue weighted by Crippen LogP contribution is 2.25. The Kier molecular flexibility index (Phi) is 2.76. The molecule has 0 aromatic heterocycles. The highest BCUT2D eigenvalue weighted by molar-refractivity contribution is 6.23. The van der Waals surface area contributed by atoms with Crippen LogP contribution in [0.5, 0.6) is 0 Å². The Hall–Kier alpha value is -0.965. The summed E-state index contributed by atoms with van der Waals surface area (Å²) in [6.07, 6.45) is 2.42. The third-order valence-electron chi connectivity index (χ3n) is 1.75. The van der Waals surface area contributed by atoms with Gasteiger partial charge >= 0.3 is 0 Å². The Morgan fingerprint density at radius 2 is 2.42 bits per heavy atom. The van der Waals surface area contributed by atoms with E-state index in [-0.39, 0.29) is 5.47 Å². The first kappa shape index (κ1) is 9.13. The van der Waals surface area contributed by atoms with Gasteiger partial charge in [-0.3, -0.25) is 0 Å². The fourth-order valence-electron chi connectivity index (χ4n) is 1.09. The SMILES string of the molecule is [B]C1=CC(N=O)C(CO)C(F)=C1. The molecule has 0 fully saturated rings. The summed E-state index contributed by atoms with van der Waals surface area (Å²) in [5.74, 6) is -1.46. The topological polar surface area (TPSA) is 49.7 Å². The molecule has 12 heavy (non-hydrogen) atoms. The van der Waals surface area contributed by atoms with E-state index in [0.29, 0.717) is 0 Å². The van der Waals surface area contributed by atoms with Gasteiger partial charge in [-0.15, -0.1) is 0 Å². The number of allylic oxidation sites excluding steroid dienone is 2. The zero-order valence-corrected chi connectivity index (χ0v) is 6.27. The Bertz CT molecular complexity index is 252. The van der Waals surface area contributed by atoms with Gasteiger partial charge in [0.05, 0.1) is 12.5 Å². The first-order valence-electron chi connectivity index (χ1n) is 3.46. The maximum atomic E-state index is 12.9. The Balaban J connectivity index is 2.90. The van der Waals surface area contributed by atoms with Crippen LogP contribution >= 0.6 is 0 Å². The zero-order chi connectivity index (χ0) is 9.14. The van der Waals surface area contributed by atoms with Gasteiger partial charge in [-0.25, -0.2) is 4.39 Å². The van der Waals surface area contributed by atoms with Gasteiger partial charge in [0.1, 0.15) is 19.7 Å². The van der Waals surface area contributed by atoms with E-state index in [0.717, 1.165) is 6.08 Å². The first-order valence-corrected chi connectivity index (χ1v) is 3.46. The van der Waals surface area contributed by atoms with Crippen LogP contribution in [0.2, 0.25) is 0 Å². The van der Waals surface area contributed by atoms with Crippen molar-refractivity contribution >= 4 is 7.85 Å². The van der Waals surface area contributed by atoms with E-state index in [4.69, 9.17) is 13.0 Å². The van der Waals surface area contributed by atoms with Gasteiger partial charge in [-0.2, -0.15) is 4.91 Å². The molecule has 2 atom stereocenters. The number of nitroso groups, excluding NO2 is 1. The number of hydrogen-bond acceptors (Lipinski definition) is 3. The average molecular weight is 167 g/mol. The normalized spacial score (nSPS) is 29.2. The molecule has 0 aromatic rings. The number of halogens is 1. The molecule has 62 valence electrons. The van der Waals surface area contributed by atoms with Crippen molar-refractivity contribution in [3.05, 3.63) is 28.4 Å². The fraction of sp³-hybridized carbons (Fsp3) is 0.429. The van der Waals surface area contributed by atoms with Crippen molar-refractivity contribution in [2.45, 2.75) is 6.04 Å². The maximum Gasteiger partial charge on any atom is 0.121 e. The fourth-order valence-corrected chi connectivity index (χ4v) is 1.09. The summed E-state index contributed by atoms with van der Waals surface area (Å²) in [7, 11) is 5.27. The minimum absolute atomic E-state index is 0.168. The predicted octanol–water partition coefficient (Wildman–Crippen LogP) is 0.649. The molecule has 1 N–H and O–H groups in total. The average Bonchev–Trinajstić information content (AvgIpc) is 2.03. The maximum absolute atomic E-state index is 12.9. The molecule has 1 aliphatic carbocycles. The second kappa shape index (κ2) is 3.62. The molecule has 0 aliphatic heterocycles. The lowest BCUT2D eigenvalue weighted by molar-refractivity contribution is 0.217. The highest BCUT2D eigenvalue weighted by Gasteiger charge is 2.26. The zero-order valence-electron chi connectivity index (χ0n) is 6.27. The number of rotatable bonds is 2. The quantitative estimate of drug-likeness (QED) is 0.484. The summed E-state index contributed by atoms with van der Waals surface area (Å²) in [4.78, 5) is 10.2. The standard InChI is InChI=1S/C7H7BFNO2/c8-4-1-6(9)5(3-11)7(2-4)10-12/h1-2,5,7,11H,3H2. The molecule has 0 spiro atoms. The lowest BCUT2D eigenvalue weighted by Crippen LogP contribution is -2.23. The van der Waals surface area contributed by atoms with Crippen molar-refractivity contribution in [2.24, 2.45) is 11.1 Å². The molecule has 0 heterocycles. The minimum Gasteiger partial charge on any atom is -0.396 e. The number of nitrogens with zero attached hydrogens (tertiary/aromatic N) is 1. The molecule has 2 radical (unpaired) electrons. The van der Waals surface area contributed by atoms with Crippen LogP contribution in [0.1, 0.15) is 0 Å². The van der Waals surface area contributed by atoms with Crippen LogP contribution in [0.15, 0.2) is 28.6 Å². The molecule has 0 saturated carbocycles. The second-order valence-electron chi connectivity index (χ2n) is 2.58. The summed E-state index contributed by atoms with van der Waals surface area (Å²) in [6.45, 7) is -0.442. The van der Waals surface area contributed by atoms with E-state index in [9.17, 15) is 9.30 Å². The number of aliphatic hydroxyl groups excluding tert-OH is 1. The van der Waals surface area contributed by atoms with Gasteiger partial charge in [0.2, 0.25) is 0 Å². The molecule has 3 nitrogen and oxygen atoms in total. The van der Waals surface area contributed by atoms with E-state index in [2.05, 4.69) is 5.18 Å². The Morgan fingerprint density at radius 1 is 1.75 bits per heavy atom. The summed E-state index contributed by atoms with van der Waals surface area (Å²) in [6, 6.07) is -0.889. The molecule has 1 aliphatic rings. The summed E-state index contributed by atoms with van der Waals surface area (Å²) in [5.41, 5.74) is 0.168. The molecule has 2 unspecified atom stereocenters. The molecular formula is C7H7BFNO2. The third kappa shape index (κ3) is 1.61. The van der Waals surface area contributed by atoms with Gasteiger partial charge in [-0.05, 0) is 6.08 Å². The van der Waals surface area contributed by atoms with Gasteiger partial charge in [0, 0.05) is 0 Å². The van der Waals surface area contributed by atoms with Gasteiger partial charge in [-0.1, -0.05) is 16.7 Å². The van der Waals surface area contributed by atoms with Crippen LogP contribution in [0.25, 0.3) is 0 Å². The number of hydrogen-bond donors (Lipinski definition) is 1. The van der Waals surface area contributed by atoms with E-state index in [1.54, 1.807) is 0 Å². The van der Waals surface area contributed by atoms with Crippen molar-refractivity contribution in [3.8, 4) is 0 Å². The third-order valence-corrected chi connectivity index (χ3v) is 1.75. The van der Waals surface area contributed by atoms with Crippen LogP contribution in [-0.2, 0) is 0 Å². The molecule has 0 amide bonds. The lowest BCUT2D eigenvalue weighted by atomic mass is 9.83. The molecule has 1 rings (SSSR count). The summed E-state index contributed by atoms with van der Waals surface area (Å²) >= 11 is 0. The van der Waals surface area contributed by atoms with Gasteiger partial charge in [0.25, 0.3) is 0 Å². The van der Waals surface area contributed by atoms with Crippen molar-refractivity contribution in [3.63, 3.8) is 0 Å². The van der Waals surface area contributed by atoms with E-state index >= 15 is 0 Å². The first-order chi connectivity index (χ1) is 5.69. The molecule has 0 aromatic carbocycles. The summed E-state index contributed by atoms with van der Waals surface area (Å²) < 4.78 is 12.9. The monoisotopic (exact) mass is 167 g/mol. The number of aliphatic hydroxyl groups is 1. The lowest BCUT2D eigenvalue weighted by Gasteiger charge is -2.19. The van der Waals surface area contributed by atoms with Gasteiger partial charge < -0.3 is 5.11 Å². The van der Waals surface area contributed by atoms with Gasteiger partial charge in [0.15, 0.2) is 0 Å². The van der Waals surface area contributed by atoms with E-state index < -0.39 is 24.4 Å². The van der Waals surface area contributed by atoms with Crippen molar-refractivity contribution in [2.75, 3.05) is 6.61 Å². The van der Waals surface area contributed by atoms with Crippen LogP contribution in [0.4, 0.5) is 4.39 Å². The molecule has 0 bridgehead atoms. The Morgan fingerprint density at radius 3 is 2.92 bits per heavy atom. The van der Waals surface area contributed by atoms with Crippen LogP contribution in [0, 0.1) is 10.8 Å². The predicted molar refractivity (Wildman–Crippen MR) is 43.2 cm³/mol. The second-order valence-corrected chi connectivity index (χ2v) is 2.58. The van der Waals surface area contributed by atoms with Crippen LogP contribution in [0.3, 0.4) is 0 Å². The largest absolute Gasteiger partial charge is 0.396 e. The van der Waals surface area contributed by atoms with Crippen LogP contribution in [-0.4, -0.2) is 25.6 Å². The van der Waals surface area contributed by atoms with E-state index in [1.165, 1.54) is 6.08 Å². The summed E-state index contributed by atoms with van der Waals surface area (Å²) in [5, 5.41) is 11.4. The smallest absolute Gasteiger partial charge is 0.121 e. The van der Waals surface area contributed by atoms with Crippen molar-refractivity contribution in [1.82, 2.24) is 0 Å². The Labute approximate surface area is 70.4 Å². The van der Waals surface area contributed by atoms with Crippen LogP contribution < -0.4 is 0 Å². The molecule has 5 heteroatoms. The molecule has 0 saturated heterocycles. The highest BCUT2D eigenvalue weighted by atomic mass is 19.1. The van der Waals surface area contributed by atoms with Crippen molar-refractivity contribution in [1.29, 1.82) is 0 Å².